The molecule has 0 aromatic heterocycles. The molecule has 1 fully saturated rings. The molecule has 1 saturated heterocycles. The molecule has 0 aliphatic carbocycles. The summed E-state index contributed by atoms with van der Waals surface area (Å²) in [5.41, 5.74) is 2.34. The lowest BCUT2D eigenvalue weighted by atomic mass is 10.1. The van der Waals surface area contributed by atoms with E-state index in [4.69, 9.17) is 19.2 Å². The van der Waals surface area contributed by atoms with Crippen molar-refractivity contribution >= 4 is 40.1 Å². The highest BCUT2D eigenvalue weighted by Gasteiger charge is 2.35. The lowest BCUT2D eigenvalue weighted by molar-refractivity contribution is -0.129. The van der Waals surface area contributed by atoms with Gasteiger partial charge in [-0.2, -0.15) is 0 Å². The van der Waals surface area contributed by atoms with Crippen LogP contribution in [0.3, 0.4) is 0 Å². The van der Waals surface area contributed by atoms with Gasteiger partial charge in [-0.25, -0.2) is 4.99 Å². The minimum Gasteiger partial charge on any atom is -0.497 e. The maximum atomic E-state index is 13.3. The third-order valence-electron chi connectivity index (χ3n) is 5.85. The molecule has 3 aromatic carbocycles. The summed E-state index contributed by atoms with van der Waals surface area (Å²) in [5.74, 6) is 1.72. The monoisotopic (exact) mass is 519 g/mol. The van der Waals surface area contributed by atoms with Crippen LogP contribution in [0.2, 0.25) is 0 Å². The van der Waals surface area contributed by atoms with Gasteiger partial charge in [0, 0.05) is 24.7 Å². The zero-order chi connectivity index (χ0) is 26.2. The lowest BCUT2D eigenvalue weighted by Gasteiger charge is -2.32. The summed E-state index contributed by atoms with van der Waals surface area (Å²) < 4.78 is 15.7. The highest BCUT2D eigenvalue weighted by atomic mass is 32.2. The van der Waals surface area contributed by atoms with Crippen molar-refractivity contribution in [3.8, 4) is 17.2 Å². The van der Waals surface area contributed by atoms with Crippen LogP contribution in [0.15, 0.2) is 77.8 Å². The van der Waals surface area contributed by atoms with Crippen LogP contribution in [0.1, 0.15) is 12.0 Å². The highest BCUT2D eigenvalue weighted by molar-refractivity contribution is 8.15. The fourth-order valence-corrected chi connectivity index (χ4v) is 4.91. The zero-order valence-corrected chi connectivity index (χ0v) is 21.8. The number of nitrogens with one attached hydrogen (secondary N) is 1. The number of hydrogen-bond acceptors (Lipinski definition) is 7. The highest BCUT2D eigenvalue weighted by Crippen LogP contribution is 2.31. The second kappa shape index (κ2) is 12.3. The summed E-state index contributed by atoms with van der Waals surface area (Å²) in [4.78, 5) is 32.8. The average Bonchev–Trinajstić information content (AvgIpc) is 2.93. The van der Waals surface area contributed by atoms with Crippen LogP contribution in [0.25, 0.3) is 0 Å². The predicted molar refractivity (Wildman–Crippen MR) is 146 cm³/mol. The first-order valence-electron chi connectivity index (χ1n) is 11.8. The van der Waals surface area contributed by atoms with Gasteiger partial charge in [0.2, 0.25) is 11.8 Å². The number of nitrogens with zero attached hydrogens (tertiary/aromatic N) is 2. The van der Waals surface area contributed by atoms with Crippen LogP contribution in [-0.2, 0) is 16.0 Å². The van der Waals surface area contributed by atoms with Gasteiger partial charge in [-0.1, -0.05) is 30.0 Å². The summed E-state index contributed by atoms with van der Waals surface area (Å²) >= 11 is 1.29. The molecule has 0 saturated carbocycles. The molecule has 1 unspecified atom stereocenters. The maximum absolute atomic E-state index is 13.3. The van der Waals surface area contributed by atoms with E-state index in [0.29, 0.717) is 41.0 Å². The second-order valence-electron chi connectivity index (χ2n) is 8.27. The number of amidine groups is 1. The van der Waals surface area contributed by atoms with Gasteiger partial charge in [0.1, 0.15) is 22.5 Å². The second-order valence-corrected chi connectivity index (χ2v) is 9.44. The van der Waals surface area contributed by atoms with Crippen molar-refractivity contribution < 1.29 is 23.8 Å². The minimum absolute atomic E-state index is 0.0741. The van der Waals surface area contributed by atoms with Gasteiger partial charge in [0.15, 0.2) is 5.17 Å². The molecule has 0 spiro atoms. The molecular weight excluding hydrogens is 490 g/mol. The Morgan fingerprint density at radius 1 is 0.946 bits per heavy atom. The van der Waals surface area contributed by atoms with Gasteiger partial charge < -0.3 is 19.5 Å². The van der Waals surface area contributed by atoms with Crippen molar-refractivity contribution in [2.45, 2.75) is 18.1 Å². The van der Waals surface area contributed by atoms with Crippen molar-refractivity contribution in [3.05, 3.63) is 78.4 Å². The topological polar surface area (TPSA) is 89.5 Å². The number of methoxy groups -OCH3 is 3. The van der Waals surface area contributed by atoms with Crippen molar-refractivity contribution in [2.75, 3.05) is 33.2 Å². The number of carbonyl (C=O) groups is 2. The predicted octanol–water partition coefficient (Wildman–Crippen LogP) is 4.92. The fraction of sp³-hybridized carbons (Fsp3) is 0.250. The summed E-state index contributed by atoms with van der Waals surface area (Å²) in [6.07, 6.45) is 0.712. The van der Waals surface area contributed by atoms with Crippen LogP contribution < -0.4 is 19.5 Å². The number of amides is 2. The van der Waals surface area contributed by atoms with E-state index in [2.05, 4.69) is 5.32 Å². The number of thioether (sulfide) groups is 1. The summed E-state index contributed by atoms with van der Waals surface area (Å²) in [7, 11) is 4.80. The molecule has 3 aromatic rings. The Hall–Kier alpha value is -3.98. The molecule has 192 valence electrons. The number of rotatable bonds is 9. The third kappa shape index (κ3) is 6.83. The smallest absolute Gasteiger partial charge is 0.238 e. The molecule has 37 heavy (non-hydrogen) atoms. The van der Waals surface area contributed by atoms with E-state index in [1.807, 2.05) is 48.5 Å². The largest absolute Gasteiger partial charge is 0.497 e. The van der Waals surface area contributed by atoms with Crippen LogP contribution >= 0.6 is 11.8 Å². The Bertz CT molecular complexity index is 1260. The van der Waals surface area contributed by atoms with E-state index >= 15 is 0 Å². The van der Waals surface area contributed by atoms with E-state index in [1.165, 1.54) is 11.8 Å². The standard InChI is InChI=1S/C28H29N3O5S/c1-34-22-11-7-19(8-12-22)15-16-31-26(32)18-25(27(33)29-21-5-4-6-24(17-21)36-3)37-28(31)30-20-9-13-23(35-2)14-10-20/h4-14,17,25H,15-16,18H2,1-3H3,(H,29,33). The SMILES string of the molecule is COc1ccc(CCN2C(=O)CC(C(=O)Nc3cccc(OC)c3)SC2=Nc2ccc(OC)cc2)cc1. The summed E-state index contributed by atoms with van der Waals surface area (Å²) in [5, 5.41) is 2.77. The van der Waals surface area contributed by atoms with E-state index in [0.717, 1.165) is 11.3 Å². The van der Waals surface area contributed by atoms with Crippen LogP contribution in [0, 0.1) is 0 Å². The van der Waals surface area contributed by atoms with Gasteiger partial charge >= 0.3 is 0 Å². The van der Waals surface area contributed by atoms with Crippen molar-refractivity contribution in [3.63, 3.8) is 0 Å². The maximum Gasteiger partial charge on any atom is 0.238 e. The van der Waals surface area contributed by atoms with Crippen molar-refractivity contribution in [1.29, 1.82) is 0 Å². The van der Waals surface area contributed by atoms with E-state index in [-0.39, 0.29) is 18.2 Å². The number of aliphatic imine (C=N–C) groups is 1. The Labute approximate surface area is 220 Å². The first-order valence-corrected chi connectivity index (χ1v) is 12.6. The average molecular weight is 520 g/mol. The molecule has 0 radical (unpaired) electrons. The van der Waals surface area contributed by atoms with Crippen LogP contribution in [-0.4, -0.2) is 55.0 Å². The number of ether oxygens (including phenoxy) is 3. The molecule has 0 bridgehead atoms. The minimum atomic E-state index is -0.618. The third-order valence-corrected chi connectivity index (χ3v) is 7.04. The first kappa shape index (κ1) is 26.1. The molecule has 8 nitrogen and oxygen atoms in total. The van der Waals surface area contributed by atoms with Crippen LogP contribution in [0.5, 0.6) is 17.2 Å². The molecule has 2 amide bonds. The molecule has 1 atom stereocenters. The van der Waals surface area contributed by atoms with E-state index < -0.39 is 5.25 Å². The molecule has 1 aliphatic rings. The summed E-state index contributed by atoms with van der Waals surface area (Å²) in [6, 6.07) is 22.1. The molecular formula is C28H29N3O5S. The number of hydrogen-bond donors (Lipinski definition) is 1. The number of carbonyl (C=O) groups excluding carboxylic acids is 2. The molecule has 1 N–H and O–H groups in total. The van der Waals surface area contributed by atoms with Crippen molar-refractivity contribution in [1.82, 2.24) is 4.90 Å². The Balaban J connectivity index is 1.54. The molecule has 4 rings (SSSR count). The van der Waals surface area contributed by atoms with Gasteiger partial charge in [-0.15, -0.1) is 0 Å². The number of benzene rings is 3. The van der Waals surface area contributed by atoms with Crippen LogP contribution in [0.4, 0.5) is 11.4 Å². The first-order chi connectivity index (χ1) is 18.0. The Kier molecular flexibility index (Phi) is 8.68. The normalized spacial score (nSPS) is 16.4. The summed E-state index contributed by atoms with van der Waals surface area (Å²) in [6.45, 7) is 0.442. The Morgan fingerprint density at radius 2 is 1.59 bits per heavy atom. The van der Waals surface area contributed by atoms with E-state index in [1.54, 1.807) is 50.5 Å². The van der Waals surface area contributed by atoms with Gasteiger partial charge in [-0.3, -0.25) is 14.5 Å². The lowest BCUT2D eigenvalue weighted by Crippen LogP contribution is -2.46. The van der Waals surface area contributed by atoms with Gasteiger partial charge in [0.05, 0.1) is 27.0 Å². The molecule has 1 aliphatic heterocycles. The van der Waals surface area contributed by atoms with E-state index in [9.17, 15) is 9.59 Å². The molecule has 9 heteroatoms. The number of anilines is 1. The van der Waals surface area contributed by atoms with Crippen molar-refractivity contribution in [2.24, 2.45) is 4.99 Å². The Morgan fingerprint density at radius 3 is 2.24 bits per heavy atom. The fourth-order valence-electron chi connectivity index (χ4n) is 3.79. The molecule has 1 heterocycles. The quantitative estimate of drug-likeness (QED) is 0.432. The van der Waals surface area contributed by atoms with Gasteiger partial charge in [-0.05, 0) is 60.5 Å². The van der Waals surface area contributed by atoms with Gasteiger partial charge in [0.25, 0.3) is 0 Å². The zero-order valence-electron chi connectivity index (χ0n) is 21.0.